The second kappa shape index (κ2) is 9.27. The molecule has 3 rings (SSSR count). The van der Waals surface area contributed by atoms with E-state index in [4.69, 9.17) is 4.98 Å². The summed E-state index contributed by atoms with van der Waals surface area (Å²) >= 11 is 5.10. The molecule has 0 saturated carbocycles. The van der Waals surface area contributed by atoms with Crippen molar-refractivity contribution in [3.05, 3.63) is 45.8 Å². The number of piperazine rings is 1. The maximum Gasteiger partial charge on any atom is 0.233 e. The topological polar surface area (TPSA) is 49.3 Å². The Bertz CT molecular complexity index is 850. The lowest BCUT2D eigenvalue weighted by atomic mass is 10.2. The largest absolute Gasteiger partial charge is 0.353 e. The summed E-state index contributed by atoms with van der Waals surface area (Å²) in [5.74, 6) is 2.85. The van der Waals surface area contributed by atoms with Crippen LogP contribution in [0.3, 0.4) is 0 Å². The van der Waals surface area contributed by atoms with E-state index in [1.54, 1.807) is 11.8 Å². The molecular weight excluding hydrogens is 436 g/mol. The van der Waals surface area contributed by atoms with Crippen molar-refractivity contribution in [2.45, 2.75) is 38.5 Å². The van der Waals surface area contributed by atoms with E-state index in [1.807, 2.05) is 24.0 Å². The summed E-state index contributed by atoms with van der Waals surface area (Å²) in [6.45, 7) is 11.4. The maximum atomic E-state index is 12.6. The third-order valence-electron chi connectivity index (χ3n) is 4.82. The van der Waals surface area contributed by atoms with Crippen LogP contribution in [0.25, 0.3) is 0 Å². The predicted molar refractivity (Wildman–Crippen MR) is 119 cm³/mol. The molecule has 2 heterocycles. The molecule has 5 nitrogen and oxygen atoms in total. The first kappa shape index (κ1) is 21.1. The standard InChI is InChI=1S/C21H27BrN4OS/c1-14(2)21-23-16(4)12-19(24-21)25-7-9-26(10-8-25)20(27)13-28-18-6-5-17(22)11-15(18)3/h5-6,11-12,14H,7-10,13H2,1-4H3. The molecule has 0 unspecified atom stereocenters. The van der Waals surface area contributed by atoms with Gasteiger partial charge >= 0.3 is 0 Å². The number of carbonyl (C=O) groups is 1. The van der Waals surface area contributed by atoms with Gasteiger partial charge in [0.2, 0.25) is 5.91 Å². The fraction of sp³-hybridized carbons (Fsp3) is 0.476. The van der Waals surface area contributed by atoms with E-state index in [9.17, 15) is 4.79 Å². The van der Waals surface area contributed by atoms with Gasteiger partial charge in [0.15, 0.2) is 0 Å². The third kappa shape index (κ3) is 5.26. The smallest absolute Gasteiger partial charge is 0.233 e. The van der Waals surface area contributed by atoms with Gasteiger partial charge in [-0.25, -0.2) is 9.97 Å². The minimum atomic E-state index is 0.203. The van der Waals surface area contributed by atoms with Crippen molar-refractivity contribution >= 4 is 39.4 Å². The fourth-order valence-electron chi connectivity index (χ4n) is 3.19. The second-order valence-corrected chi connectivity index (χ2v) is 9.38. The van der Waals surface area contributed by atoms with Crippen molar-refractivity contribution in [1.82, 2.24) is 14.9 Å². The number of aromatic nitrogens is 2. The zero-order chi connectivity index (χ0) is 20.3. The molecule has 1 aliphatic rings. The Morgan fingerprint density at radius 3 is 2.50 bits per heavy atom. The maximum absolute atomic E-state index is 12.6. The van der Waals surface area contributed by atoms with Crippen LogP contribution in [-0.2, 0) is 4.79 Å². The highest BCUT2D eigenvalue weighted by Gasteiger charge is 2.23. The zero-order valence-corrected chi connectivity index (χ0v) is 19.3. The molecule has 0 bridgehead atoms. The summed E-state index contributed by atoms with van der Waals surface area (Å²) in [6.07, 6.45) is 0. The second-order valence-electron chi connectivity index (χ2n) is 7.45. The lowest BCUT2D eigenvalue weighted by molar-refractivity contribution is -0.128. The van der Waals surface area contributed by atoms with Crippen LogP contribution >= 0.6 is 27.7 Å². The molecule has 1 fully saturated rings. The van der Waals surface area contributed by atoms with E-state index in [0.717, 1.165) is 52.9 Å². The number of rotatable bonds is 5. The number of benzene rings is 1. The monoisotopic (exact) mass is 462 g/mol. The van der Waals surface area contributed by atoms with E-state index in [-0.39, 0.29) is 5.91 Å². The quantitative estimate of drug-likeness (QED) is 0.615. The van der Waals surface area contributed by atoms with Crippen molar-refractivity contribution in [2.24, 2.45) is 0 Å². The fourth-order valence-corrected chi connectivity index (χ4v) is 4.57. The summed E-state index contributed by atoms with van der Waals surface area (Å²) in [7, 11) is 0. The molecule has 150 valence electrons. The molecular formula is C21H27BrN4OS. The van der Waals surface area contributed by atoms with Crippen LogP contribution < -0.4 is 4.90 Å². The molecule has 0 aliphatic carbocycles. The summed E-state index contributed by atoms with van der Waals surface area (Å²) < 4.78 is 1.07. The van der Waals surface area contributed by atoms with Gasteiger partial charge < -0.3 is 9.80 Å². The van der Waals surface area contributed by atoms with Crippen molar-refractivity contribution in [2.75, 3.05) is 36.8 Å². The molecule has 7 heteroatoms. The molecule has 1 saturated heterocycles. The molecule has 1 aromatic carbocycles. The number of halogens is 1. The SMILES string of the molecule is Cc1cc(N2CCN(C(=O)CSc3ccc(Br)cc3C)CC2)nc(C(C)C)n1. The Kier molecular flexibility index (Phi) is 6.99. The van der Waals surface area contributed by atoms with Gasteiger partial charge in [0.25, 0.3) is 0 Å². The lowest BCUT2D eigenvalue weighted by Crippen LogP contribution is -2.49. The van der Waals surface area contributed by atoms with Gasteiger partial charge in [-0.05, 0) is 37.6 Å². The van der Waals surface area contributed by atoms with Gasteiger partial charge in [-0.15, -0.1) is 11.8 Å². The first-order chi connectivity index (χ1) is 13.3. The Balaban J connectivity index is 1.55. The van der Waals surface area contributed by atoms with E-state index >= 15 is 0 Å². The number of thioether (sulfide) groups is 1. The minimum absolute atomic E-state index is 0.203. The Morgan fingerprint density at radius 2 is 1.86 bits per heavy atom. The highest BCUT2D eigenvalue weighted by atomic mass is 79.9. The summed E-state index contributed by atoms with van der Waals surface area (Å²) in [4.78, 5) is 27.3. The average Bonchev–Trinajstić information content (AvgIpc) is 2.66. The van der Waals surface area contributed by atoms with Crippen molar-refractivity contribution in [3.8, 4) is 0 Å². The number of hydrogen-bond acceptors (Lipinski definition) is 5. The molecule has 1 aromatic heterocycles. The van der Waals surface area contributed by atoms with Crippen LogP contribution in [0, 0.1) is 13.8 Å². The number of carbonyl (C=O) groups excluding carboxylic acids is 1. The van der Waals surface area contributed by atoms with Crippen LogP contribution in [0.1, 0.15) is 36.8 Å². The molecule has 0 N–H and O–H groups in total. The van der Waals surface area contributed by atoms with E-state index in [1.165, 1.54) is 5.56 Å². The predicted octanol–water partition coefficient (Wildman–Crippen LogP) is 4.42. The van der Waals surface area contributed by atoms with Crippen LogP contribution in [0.2, 0.25) is 0 Å². The van der Waals surface area contributed by atoms with Crippen LogP contribution in [0.5, 0.6) is 0 Å². The normalized spacial score (nSPS) is 14.6. The first-order valence-corrected chi connectivity index (χ1v) is 11.4. The number of nitrogens with zero attached hydrogens (tertiary/aromatic N) is 4. The van der Waals surface area contributed by atoms with Crippen LogP contribution in [0.4, 0.5) is 5.82 Å². The van der Waals surface area contributed by atoms with E-state index in [2.05, 4.69) is 58.7 Å². The van der Waals surface area contributed by atoms with Crippen molar-refractivity contribution < 1.29 is 4.79 Å². The van der Waals surface area contributed by atoms with Crippen molar-refractivity contribution in [3.63, 3.8) is 0 Å². The Labute approximate surface area is 180 Å². The van der Waals surface area contributed by atoms with Crippen LogP contribution in [0.15, 0.2) is 33.6 Å². The number of amides is 1. The molecule has 0 atom stereocenters. The summed E-state index contributed by atoms with van der Waals surface area (Å²) in [6, 6.07) is 8.21. The van der Waals surface area contributed by atoms with Gasteiger partial charge in [-0.1, -0.05) is 29.8 Å². The highest BCUT2D eigenvalue weighted by molar-refractivity contribution is 9.10. The Morgan fingerprint density at radius 1 is 1.14 bits per heavy atom. The van der Waals surface area contributed by atoms with E-state index in [0.29, 0.717) is 11.7 Å². The van der Waals surface area contributed by atoms with Gasteiger partial charge in [0.05, 0.1) is 5.75 Å². The number of hydrogen-bond donors (Lipinski definition) is 0. The first-order valence-electron chi connectivity index (χ1n) is 9.60. The van der Waals surface area contributed by atoms with E-state index < -0.39 is 0 Å². The van der Waals surface area contributed by atoms with Gasteiger partial charge in [-0.3, -0.25) is 4.79 Å². The Hall–Kier alpha value is -1.60. The lowest BCUT2D eigenvalue weighted by Gasteiger charge is -2.35. The van der Waals surface area contributed by atoms with Gasteiger partial charge in [0.1, 0.15) is 11.6 Å². The van der Waals surface area contributed by atoms with Gasteiger partial charge in [-0.2, -0.15) is 0 Å². The van der Waals surface area contributed by atoms with Crippen LogP contribution in [-0.4, -0.2) is 52.7 Å². The molecule has 0 radical (unpaired) electrons. The molecule has 28 heavy (non-hydrogen) atoms. The highest BCUT2D eigenvalue weighted by Crippen LogP contribution is 2.26. The van der Waals surface area contributed by atoms with Crippen molar-refractivity contribution in [1.29, 1.82) is 0 Å². The number of aryl methyl sites for hydroxylation is 2. The summed E-state index contributed by atoms with van der Waals surface area (Å²) in [5.41, 5.74) is 2.19. The molecule has 0 spiro atoms. The average molecular weight is 463 g/mol. The third-order valence-corrected chi connectivity index (χ3v) is 6.47. The summed E-state index contributed by atoms with van der Waals surface area (Å²) in [5, 5.41) is 0. The molecule has 2 aromatic rings. The zero-order valence-electron chi connectivity index (χ0n) is 16.9. The molecule has 1 amide bonds. The minimum Gasteiger partial charge on any atom is -0.353 e. The molecule has 1 aliphatic heterocycles. The number of anilines is 1. The van der Waals surface area contributed by atoms with Gasteiger partial charge in [0, 0.05) is 53.2 Å².